The topological polar surface area (TPSA) is 60.2 Å². The number of nitro groups is 1. The van der Waals surface area contributed by atoms with E-state index in [-0.39, 0.29) is 10.8 Å². The zero-order valence-electron chi connectivity index (χ0n) is 6.66. The molecule has 0 spiro atoms. The van der Waals surface area contributed by atoms with Crippen LogP contribution in [-0.4, -0.2) is 10.7 Å². The Kier molecular flexibility index (Phi) is 2.23. The number of carbonyl (C=O) groups excluding carboxylic acids is 1. The SMILES string of the molecule is CC(=O)c1sc([N+](=O)[O-])cc1C. The minimum Gasteiger partial charge on any atom is -0.294 e. The first-order valence-electron chi connectivity index (χ1n) is 3.28. The van der Waals surface area contributed by atoms with Gasteiger partial charge in [-0.2, -0.15) is 0 Å². The van der Waals surface area contributed by atoms with E-state index < -0.39 is 4.92 Å². The molecule has 0 N–H and O–H groups in total. The monoisotopic (exact) mass is 185 g/mol. The third-order valence-electron chi connectivity index (χ3n) is 1.40. The molecule has 64 valence electrons. The minimum atomic E-state index is -0.482. The summed E-state index contributed by atoms with van der Waals surface area (Å²) in [6.45, 7) is 3.10. The first kappa shape index (κ1) is 8.86. The lowest BCUT2D eigenvalue weighted by molar-refractivity contribution is -0.380. The minimum absolute atomic E-state index is 0.0256. The van der Waals surface area contributed by atoms with E-state index in [9.17, 15) is 14.9 Å². The van der Waals surface area contributed by atoms with Gasteiger partial charge in [-0.05, 0) is 19.4 Å². The van der Waals surface area contributed by atoms with Crippen LogP contribution in [0, 0.1) is 17.0 Å². The average Bonchev–Trinajstić information content (AvgIpc) is 2.30. The van der Waals surface area contributed by atoms with Crippen LogP contribution in [0.25, 0.3) is 0 Å². The summed E-state index contributed by atoms with van der Waals surface area (Å²) >= 11 is 0.927. The second-order valence-electron chi connectivity index (χ2n) is 2.41. The summed E-state index contributed by atoms with van der Waals surface area (Å²) in [4.78, 5) is 21.2. The number of Topliss-reactive ketones (excluding diaryl/α,β-unsaturated/α-hetero) is 1. The third kappa shape index (κ3) is 1.50. The largest absolute Gasteiger partial charge is 0.325 e. The molecule has 4 nitrogen and oxygen atoms in total. The van der Waals surface area contributed by atoms with Crippen molar-refractivity contribution in [1.29, 1.82) is 0 Å². The molecule has 0 bridgehead atoms. The Morgan fingerprint density at radius 3 is 2.50 bits per heavy atom. The molecule has 0 aliphatic carbocycles. The van der Waals surface area contributed by atoms with Gasteiger partial charge in [-0.15, -0.1) is 0 Å². The first-order chi connectivity index (χ1) is 5.52. The standard InChI is InChI=1S/C7H7NO3S/c1-4-3-6(8(10)11)12-7(4)5(2)9/h3H,1-2H3. The fourth-order valence-corrected chi connectivity index (χ4v) is 1.79. The van der Waals surface area contributed by atoms with E-state index in [0.717, 1.165) is 11.3 Å². The fourth-order valence-electron chi connectivity index (χ4n) is 0.905. The van der Waals surface area contributed by atoms with Crippen LogP contribution in [0.5, 0.6) is 0 Å². The van der Waals surface area contributed by atoms with E-state index in [1.807, 2.05) is 0 Å². The van der Waals surface area contributed by atoms with Crippen molar-refractivity contribution in [2.45, 2.75) is 13.8 Å². The number of thiophene rings is 1. The fraction of sp³-hybridized carbons (Fsp3) is 0.286. The van der Waals surface area contributed by atoms with Crippen molar-refractivity contribution in [1.82, 2.24) is 0 Å². The third-order valence-corrected chi connectivity index (χ3v) is 2.69. The van der Waals surface area contributed by atoms with Crippen LogP contribution >= 0.6 is 11.3 Å². The molecule has 12 heavy (non-hydrogen) atoms. The summed E-state index contributed by atoms with van der Waals surface area (Å²) in [7, 11) is 0. The molecule has 0 aliphatic heterocycles. The van der Waals surface area contributed by atoms with E-state index in [2.05, 4.69) is 0 Å². The summed E-state index contributed by atoms with van der Waals surface area (Å²) in [6, 6.07) is 1.42. The molecule has 0 aromatic carbocycles. The lowest BCUT2D eigenvalue weighted by Gasteiger charge is -1.86. The van der Waals surface area contributed by atoms with Crippen LogP contribution in [0.4, 0.5) is 5.00 Å². The molecular formula is C7H7NO3S. The molecule has 0 fully saturated rings. The van der Waals surface area contributed by atoms with Crippen LogP contribution in [0.2, 0.25) is 0 Å². The highest BCUT2D eigenvalue weighted by molar-refractivity contribution is 7.17. The first-order valence-corrected chi connectivity index (χ1v) is 4.09. The van der Waals surface area contributed by atoms with Crippen molar-refractivity contribution in [2.75, 3.05) is 0 Å². The van der Waals surface area contributed by atoms with Crippen LogP contribution in [0.15, 0.2) is 6.07 Å². The zero-order valence-corrected chi connectivity index (χ0v) is 7.47. The predicted molar refractivity (Wildman–Crippen MR) is 45.7 cm³/mol. The van der Waals surface area contributed by atoms with Crippen LogP contribution < -0.4 is 0 Å². The number of nitrogens with zero attached hydrogens (tertiary/aromatic N) is 1. The molecule has 1 rings (SSSR count). The Morgan fingerprint density at radius 2 is 2.25 bits per heavy atom. The molecule has 0 aliphatic rings. The maximum Gasteiger partial charge on any atom is 0.325 e. The molecule has 5 heteroatoms. The number of hydrogen-bond acceptors (Lipinski definition) is 4. The number of aryl methyl sites for hydroxylation is 1. The predicted octanol–water partition coefficient (Wildman–Crippen LogP) is 2.17. The van der Waals surface area contributed by atoms with Gasteiger partial charge in [-0.25, -0.2) is 0 Å². The lowest BCUT2D eigenvalue weighted by Crippen LogP contribution is -1.88. The average molecular weight is 185 g/mol. The van der Waals surface area contributed by atoms with E-state index in [1.54, 1.807) is 6.92 Å². The number of ketones is 1. The molecule has 0 radical (unpaired) electrons. The van der Waals surface area contributed by atoms with E-state index in [1.165, 1.54) is 13.0 Å². The van der Waals surface area contributed by atoms with E-state index >= 15 is 0 Å². The van der Waals surface area contributed by atoms with Gasteiger partial charge >= 0.3 is 5.00 Å². The van der Waals surface area contributed by atoms with Gasteiger partial charge in [0.05, 0.1) is 9.80 Å². The Hall–Kier alpha value is -1.23. The van der Waals surface area contributed by atoms with Crippen molar-refractivity contribution in [3.8, 4) is 0 Å². The van der Waals surface area contributed by atoms with Crippen molar-refractivity contribution in [3.05, 3.63) is 26.6 Å². The van der Waals surface area contributed by atoms with Crippen molar-refractivity contribution in [2.24, 2.45) is 0 Å². The van der Waals surface area contributed by atoms with E-state index in [0.29, 0.717) is 10.4 Å². The van der Waals surface area contributed by atoms with Gasteiger partial charge in [0.2, 0.25) is 0 Å². The zero-order chi connectivity index (χ0) is 9.30. The molecule has 0 atom stereocenters. The van der Waals surface area contributed by atoms with Gasteiger partial charge in [0, 0.05) is 6.07 Å². The van der Waals surface area contributed by atoms with Crippen molar-refractivity contribution >= 4 is 22.1 Å². The Morgan fingerprint density at radius 1 is 1.67 bits per heavy atom. The van der Waals surface area contributed by atoms with Crippen LogP contribution in [0.1, 0.15) is 22.2 Å². The summed E-state index contributed by atoms with van der Waals surface area (Å²) < 4.78 is 0. The summed E-state index contributed by atoms with van der Waals surface area (Å²) in [5.41, 5.74) is 0.680. The van der Waals surface area contributed by atoms with Gasteiger partial charge in [0.25, 0.3) is 0 Å². The van der Waals surface area contributed by atoms with Gasteiger partial charge in [0.1, 0.15) is 0 Å². The van der Waals surface area contributed by atoms with E-state index in [4.69, 9.17) is 0 Å². The quantitative estimate of drug-likeness (QED) is 0.403. The summed E-state index contributed by atoms with van der Waals surface area (Å²) in [6.07, 6.45) is 0. The molecule has 0 saturated carbocycles. The van der Waals surface area contributed by atoms with Gasteiger partial charge in [-0.3, -0.25) is 14.9 Å². The lowest BCUT2D eigenvalue weighted by atomic mass is 10.2. The normalized spacial score (nSPS) is 9.83. The second-order valence-corrected chi connectivity index (χ2v) is 3.44. The molecular weight excluding hydrogens is 178 g/mol. The van der Waals surface area contributed by atoms with Crippen molar-refractivity contribution in [3.63, 3.8) is 0 Å². The van der Waals surface area contributed by atoms with Gasteiger partial charge in [0.15, 0.2) is 5.78 Å². The van der Waals surface area contributed by atoms with Crippen molar-refractivity contribution < 1.29 is 9.72 Å². The molecule has 0 amide bonds. The Bertz CT molecular complexity index is 342. The summed E-state index contributed by atoms with van der Waals surface area (Å²) in [5, 5.41) is 10.3. The molecule has 1 aromatic heterocycles. The number of hydrogen-bond donors (Lipinski definition) is 0. The van der Waals surface area contributed by atoms with Gasteiger partial charge < -0.3 is 0 Å². The Labute approximate surface area is 73.0 Å². The molecule has 0 saturated heterocycles. The smallest absolute Gasteiger partial charge is 0.294 e. The highest BCUT2D eigenvalue weighted by atomic mass is 32.1. The highest BCUT2D eigenvalue weighted by Gasteiger charge is 2.16. The number of rotatable bonds is 2. The highest BCUT2D eigenvalue weighted by Crippen LogP contribution is 2.28. The summed E-state index contributed by atoms with van der Waals surface area (Å²) in [5.74, 6) is -0.120. The molecule has 1 aromatic rings. The Balaban J connectivity index is 3.17. The second kappa shape index (κ2) is 3.02. The maximum absolute atomic E-state index is 10.9. The van der Waals surface area contributed by atoms with Crippen LogP contribution in [0.3, 0.4) is 0 Å². The molecule has 0 unspecified atom stereocenters. The number of carbonyl (C=O) groups is 1. The maximum atomic E-state index is 10.9. The van der Waals surface area contributed by atoms with Gasteiger partial charge in [-0.1, -0.05) is 11.3 Å². The molecule has 1 heterocycles. The van der Waals surface area contributed by atoms with Crippen LogP contribution in [-0.2, 0) is 0 Å².